The van der Waals surface area contributed by atoms with Gasteiger partial charge in [0.05, 0.1) is 5.92 Å². The molecule has 1 aliphatic carbocycles. The predicted octanol–water partition coefficient (Wildman–Crippen LogP) is 5.79. The van der Waals surface area contributed by atoms with Crippen molar-refractivity contribution < 1.29 is 9.53 Å². The molecule has 0 aliphatic heterocycles. The maximum atomic E-state index is 12.3. The Balaban J connectivity index is 1.81. The highest BCUT2D eigenvalue weighted by Crippen LogP contribution is 2.32. The van der Waals surface area contributed by atoms with Gasteiger partial charge in [-0.15, -0.1) is 0 Å². The predicted molar refractivity (Wildman–Crippen MR) is 95.6 cm³/mol. The first-order valence-corrected chi connectivity index (χ1v) is 9.43. The molecule has 1 aromatic carbocycles. The fraction of sp³-hybridized carbons (Fsp3) is 0.667. The van der Waals surface area contributed by atoms with E-state index in [-0.39, 0.29) is 11.9 Å². The first kappa shape index (κ1) is 18.0. The van der Waals surface area contributed by atoms with Crippen molar-refractivity contribution in [2.75, 3.05) is 0 Å². The molecular weight excluding hydrogens is 284 g/mol. The molecule has 1 aromatic rings. The van der Waals surface area contributed by atoms with Gasteiger partial charge in [-0.25, -0.2) is 0 Å². The van der Waals surface area contributed by atoms with Gasteiger partial charge in [-0.1, -0.05) is 52.2 Å². The van der Waals surface area contributed by atoms with Crippen LogP contribution in [0.5, 0.6) is 5.75 Å². The Kier molecular flexibility index (Phi) is 7.14. The third-order valence-corrected chi connectivity index (χ3v) is 5.30. The van der Waals surface area contributed by atoms with Crippen molar-refractivity contribution in [3.05, 3.63) is 29.8 Å². The number of esters is 1. The standard InChI is InChI=1S/C21H32O2/c1-4-6-17-7-11-19(12-8-17)21(22)23-20-13-9-18(10-14-20)15-16(3)5-2/h9-10,13-14,16-17,19H,4-8,11-12,15H2,1-3H3. The second-order valence-electron chi connectivity index (χ2n) is 7.29. The van der Waals surface area contributed by atoms with Crippen molar-refractivity contribution in [3.63, 3.8) is 0 Å². The number of hydrogen-bond donors (Lipinski definition) is 0. The van der Waals surface area contributed by atoms with E-state index >= 15 is 0 Å². The van der Waals surface area contributed by atoms with E-state index in [4.69, 9.17) is 4.74 Å². The van der Waals surface area contributed by atoms with Gasteiger partial charge >= 0.3 is 5.97 Å². The average molecular weight is 316 g/mol. The van der Waals surface area contributed by atoms with E-state index in [0.29, 0.717) is 11.7 Å². The number of carbonyl (C=O) groups is 1. The average Bonchev–Trinajstić information content (AvgIpc) is 2.57. The Morgan fingerprint density at radius 2 is 1.78 bits per heavy atom. The van der Waals surface area contributed by atoms with Crippen LogP contribution in [0.25, 0.3) is 0 Å². The molecule has 1 fully saturated rings. The van der Waals surface area contributed by atoms with Gasteiger partial charge < -0.3 is 4.74 Å². The summed E-state index contributed by atoms with van der Waals surface area (Å²) in [5.74, 6) is 2.28. The Morgan fingerprint density at radius 3 is 2.35 bits per heavy atom. The van der Waals surface area contributed by atoms with Crippen LogP contribution in [0.15, 0.2) is 24.3 Å². The lowest BCUT2D eigenvalue weighted by atomic mass is 9.80. The minimum atomic E-state index is -0.0328. The molecular formula is C21H32O2. The van der Waals surface area contributed by atoms with Gasteiger partial charge in [0.1, 0.15) is 5.75 Å². The molecule has 0 aromatic heterocycles. The third-order valence-electron chi connectivity index (χ3n) is 5.30. The van der Waals surface area contributed by atoms with Crippen molar-refractivity contribution in [2.24, 2.45) is 17.8 Å². The van der Waals surface area contributed by atoms with Gasteiger partial charge in [0.25, 0.3) is 0 Å². The molecule has 2 nitrogen and oxygen atoms in total. The molecule has 2 rings (SSSR count). The maximum Gasteiger partial charge on any atom is 0.314 e. The second kappa shape index (κ2) is 9.10. The molecule has 23 heavy (non-hydrogen) atoms. The first-order valence-electron chi connectivity index (χ1n) is 9.43. The maximum absolute atomic E-state index is 12.3. The van der Waals surface area contributed by atoms with Crippen LogP contribution in [0.2, 0.25) is 0 Å². The summed E-state index contributed by atoms with van der Waals surface area (Å²) in [6, 6.07) is 8.07. The van der Waals surface area contributed by atoms with Crippen LogP contribution in [0.3, 0.4) is 0 Å². The highest BCUT2D eigenvalue weighted by molar-refractivity contribution is 5.75. The lowest BCUT2D eigenvalue weighted by molar-refractivity contribution is -0.140. The van der Waals surface area contributed by atoms with Crippen LogP contribution in [-0.4, -0.2) is 5.97 Å². The molecule has 0 saturated heterocycles. The van der Waals surface area contributed by atoms with Crippen molar-refractivity contribution in [2.45, 2.75) is 72.1 Å². The highest BCUT2D eigenvalue weighted by Gasteiger charge is 2.27. The summed E-state index contributed by atoms with van der Waals surface area (Å²) < 4.78 is 5.60. The summed E-state index contributed by atoms with van der Waals surface area (Å²) in [5.41, 5.74) is 1.32. The van der Waals surface area contributed by atoms with E-state index in [0.717, 1.165) is 25.2 Å². The molecule has 128 valence electrons. The molecule has 0 spiro atoms. The normalized spacial score (nSPS) is 22.6. The molecule has 0 heterocycles. The highest BCUT2D eigenvalue weighted by atomic mass is 16.5. The fourth-order valence-electron chi connectivity index (χ4n) is 3.53. The molecule has 1 saturated carbocycles. The largest absolute Gasteiger partial charge is 0.426 e. The second-order valence-corrected chi connectivity index (χ2v) is 7.29. The zero-order valence-corrected chi connectivity index (χ0v) is 15.0. The quantitative estimate of drug-likeness (QED) is 0.470. The van der Waals surface area contributed by atoms with E-state index in [1.54, 1.807) is 0 Å². The molecule has 1 unspecified atom stereocenters. The topological polar surface area (TPSA) is 26.3 Å². The van der Waals surface area contributed by atoms with Gasteiger partial charge in [0.2, 0.25) is 0 Å². The van der Waals surface area contributed by atoms with Crippen molar-refractivity contribution >= 4 is 5.97 Å². The Morgan fingerprint density at radius 1 is 1.13 bits per heavy atom. The Labute approximate surface area is 141 Å². The van der Waals surface area contributed by atoms with Gasteiger partial charge in [-0.3, -0.25) is 4.79 Å². The summed E-state index contributed by atoms with van der Waals surface area (Å²) >= 11 is 0. The van der Waals surface area contributed by atoms with E-state index < -0.39 is 0 Å². The Bertz CT molecular complexity index is 469. The van der Waals surface area contributed by atoms with Crippen LogP contribution in [0, 0.1) is 17.8 Å². The molecule has 0 amide bonds. The van der Waals surface area contributed by atoms with Crippen molar-refractivity contribution in [3.8, 4) is 5.75 Å². The fourth-order valence-corrected chi connectivity index (χ4v) is 3.53. The number of rotatable bonds is 7. The summed E-state index contributed by atoms with van der Waals surface area (Å²) in [6.45, 7) is 6.73. The van der Waals surface area contributed by atoms with Crippen molar-refractivity contribution in [1.82, 2.24) is 0 Å². The lowest BCUT2D eigenvalue weighted by Crippen LogP contribution is -2.25. The molecule has 0 N–H and O–H groups in total. The summed E-state index contributed by atoms with van der Waals surface area (Å²) in [6.07, 6.45) is 9.19. The number of carbonyl (C=O) groups excluding carboxylic acids is 1. The van der Waals surface area contributed by atoms with E-state index in [2.05, 4.69) is 32.9 Å². The van der Waals surface area contributed by atoms with Crippen LogP contribution >= 0.6 is 0 Å². The Hall–Kier alpha value is -1.31. The van der Waals surface area contributed by atoms with Crippen LogP contribution in [0.1, 0.15) is 71.3 Å². The molecule has 1 atom stereocenters. The van der Waals surface area contributed by atoms with Crippen LogP contribution < -0.4 is 4.74 Å². The summed E-state index contributed by atoms with van der Waals surface area (Å²) in [4.78, 5) is 12.3. The third kappa shape index (κ3) is 5.67. The van der Waals surface area contributed by atoms with Gasteiger partial charge in [-0.2, -0.15) is 0 Å². The summed E-state index contributed by atoms with van der Waals surface area (Å²) in [5, 5.41) is 0. The van der Waals surface area contributed by atoms with E-state index in [1.807, 2.05) is 12.1 Å². The van der Waals surface area contributed by atoms with Crippen LogP contribution in [0.4, 0.5) is 0 Å². The number of hydrogen-bond acceptors (Lipinski definition) is 2. The zero-order chi connectivity index (χ0) is 16.7. The minimum Gasteiger partial charge on any atom is -0.426 e. The SMILES string of the molecule is CCCC1CCC(C(=O)Oc2ccc(CC(C)CC)cc2)CC1. The van der Waals surface area contributed by atoms with Crippen molar-refractivity contribution in [1.29, 1.82) is 0 Å². The van der Waals surface area contributed by atoms with Gasteiger partial charge in [-0.05, 0) is 61.6 Å². The smallest absolute Gasteiger partial charge is 0.314 e. The lowest BCUT2D eigenvalue weighted by Gasteiger charge is -2.26. The minimum absolute atomic E-state index is 0.0328. The summed E-state index contributed by atoms with van der Waals surface area (Å²) in [7, 11) is 0. The zero-order valence-electron chi connectivity index (χ0n) is 15.0. The van der Waals surface area contributed by atoms with E-state index in [1.165, 1.54) is 37.7 Å². The molecule has 0 bridgehead atoms. The van der Waals surface area contributed by atoms with E-state index in [9.17, 15) is 4.79 Å². The van der Waals surface area contributed by atoms with Gasteiger partial charge in [0, 0.05) is 0 Å². The van der Waals surface area contributed by atoms with Gasteiger partial charge in [0.15, 0.2) is 0 Å². The monoisotopic (exact) mass is 316 g/mol. The number of ether oxygens (including phenoxy) is 1. The molecule has 2 heteroatoms. The molecule has 0 radical (unpaired) electrons. The molecule has 1 aliphatic rings. The first-order chi connectivity index (χ1) is 11.1. The van der Waals surface area contributed by atoms with Crippen LogP contribution in [-0.2, 0) is 11.2 Å². The number of benzene rings is 1.